The molecule has 0 saturated heterocycles. The Labute approximate surface area is 97.2 Å². The number of anilines is 1. The minimum atomic E-state index is 0.440. The third-order valence-electron chi connectivity index (χ3n) is 3.47. The molecule has 1 heterocycles. The number of nitrogens with zero attached hydrogens (tertiary/aromatic N) is 2. The lowest BCUT2D eigenvalue weighted by Crippen LogP contribution is -2.29. The molecule has 0 aromatic carbocycles. The summed E-state index contributed by atoms with van der Waals surface area (Å²) < 4.78 is 1.91. The summed E-state index contributed by atoms with van der Waals surface area (Å²) in [6.45, 7) is 3.07. The van der Waals surface area contributed by atoms with E-state index in [1.807, 2.05) is 18.7 Å². The van der Waals surface area contributed by atoms with Gasteiger partial charge < -0.3 is 11.1 Å². The molecular formula is C12H22N4. The van der Waals surface area contributed by atoms with Crippen LogP contribution in [0.3, 0.4) is 0 Å². The summed E-state index contributed by atoms with van der Waals surface area (Å²) in [5.74, 6) is 1.89. The van der Waals surface area contributed by atoms with Gasteiger partial charge in [0.05, 0.1) is 5.69 Å². The molecule has 0 atom stereocenters. The largest absolute Gasteiger partial charge is 0.370 e. The molecule has 3 N–H and O–H groups in total. The molecule has 0 spiro atoms. The van der Waals surface area contributed by atoms with Gasteiger partial charge in [-0.2, -0.15) is 5.10 Å². The summed E-state index contributed by atoms with van der Waals surface area (Å²) in [6, 6.07) is 2.53. The highest BCUT2D eigenvalue weighted by molar-refractivity contribution is 5.36. The minimum Gasteiger partial charge on any atom is -0.370 e. The number of aryl methyl sites for hydroxylation is 2. The van der Waals surface area contributed by atoms with Crippen molar-refractivity contribution in [3.8, 4) is 0 Å². The smallest absolute Gasteiger partial charge is 0.124 e. The van der Waals surface area contributed by atoms with Crippen molar-refractivity contribution < 1.29 is 0 Å². The van der Waals surface area contributed by atoms with E-state index in [2.05, 4.69) is 16.5 Å². The van der Waals surface area contributed by atoms with Gasteiger partial charge in [-0.1, -0.05) is 0 Å². The first-order valence-electron chi connectivity index (χ1n) is 6.15. The quantitative estimate of drug-likeness (QED) is 0.817. The van der Waals surface area contributed by atoms with Crippen LogP contribution in [0.2, 0.25) is 0 Å². The third kappa shape index (κ3) is 2.76. The molecule has 2 rings (SSSR count). The van der Waals surface area contributed by atoms with Crippen LogP contribution in [0.15, 0.2) is 6.07 Å². The van der Waals surface area contributed by atoms with Gasteiger partial charge in [-0.3, -0.25) is 4.68 Å². The third-order valence-corrected chi connectivity index (χ3v) is 3.47. The monoisotopic (exact) mass is 222 g/mol. The maximum Gasteiger partial charge on any atom is 0.124 e. The standard InChI is InChI=1S/C12H22N4/c1-9-7-12(16(2)15-9)14-8-10-3-5-11(13)6-4-10/h7,10-11,14H,3-6,8,13H2,1-2H3. The van der Waals surface area contributed by atoms with E-state index < -0.39 is 0 Å². The summed E-state index contributed by atoms with van der Waals surface area (Å²) in [6.07, 6.45) is 4.86. The van der Waals surface area contributed by atoms with Gasteiger partial charge in [0.1, 0.15) is 5.82 Å². The van der Waals surface area contributed by atoms with Crippen molar-refractivity contribution in [2.75, 3.05) is 11.9 Å². The van der Waals surface area contributed by atoms with Crippen LogP contribution in [0.1, 0.15) is 31.4 Å². The van der Waals surface area contributed by atoms with E-state index in [1.54, 1.807) is 0 Å². The zero-order valence-corrected chi connectivity index (χ0v) is 10.2. The lowest BCUT2D eigenvalue weighted by atomic mass is 9.86. The molecule has 1 fully saturated rings. The molecule has 1 aromatic heterocycles. The maximum atomic E-state index is 5.90. The van der Waals surface area contributed by atoms with Gasteiger partial charge in [0.2, 0.25) is 0 Å². The lowest BCUT2D eigenvalue weighted by molar-refractivity contribution is 0.338. The number of hydrogen-bond acceptors (Lipinski definition) is 3. The molecule has 1 aromatic rings. The predicted octanol–water partition coefficient (Wildman–Crippen LogP) is 1.66. The molecule has 16 heavy (non-hydrogen) atoms. The molecule has 1 saturated carbocycles. The summed E-state index contributed by atoms with van der Waals surface area (Å²) >= 11 is 0. The second-order valence-corrected chi connectivity index (χ2v) is 4.96. The number of rotatable bonds is 3. The van der Waals surface area contributed by atoms with Gasteiger partial charge in [0, 0.05) is 25.7 Å². The lowest BCUT2D eigenvalue weighted by Gasteiger charge is -2.26. The fourth-order valence-electron chi connectivity index (χ4n) is 2.42. The van der Waals surface area contributed by atoms with E-state index in [0.717, 1.165) is 24.0 Å². The predicted molar refractivity (Wildman–Crippen MR) is 66.4 cm³/mol. The van der Waals surface area contributed by atoms with Crippen LogP contribution >= 0.6 is 0 Å². The van der Waals surface area contributed by atoms with Crippen molar-refractivity contribution in [3.05, 3.63) is 11.8 Å². The van der Waals surface area contributed by atoms with Crippen molar-refractivity contribution in [2.45, 2.75) is 38.6 Å². The molecular weight excluding hydrogens is 200 g/mol. The van der Waals surface area contributed by atoms with Crippen LogP contribution in [0.5, 0.6) is 0 Å². The highest BCUT2D eigenvalue weighted by Gasteiger charge is 2.18. The summed E-state index contributed by atoms with van der Waals surface area (Å²) in [5.41, 5.74) is 6.96. The first-order valence-corrected chi connectivity index (χ1v) is 6.15. The Morgan fingerprint density at radius 1 is 1.44 bits per heavy atom. The molecule has 1 aliphatic rings. The van der Waals surface area contributed by atoms with E-state index in [0.29, 0.717) is 6.04 Å². The Hall–Kier alpha value is -1.03. The van der Waals surface area contributed by atoms with Gasteiger partial charge in [-0.25, -0.2) is 0 Å². The van der Waals surface area contributed by atoms with Crippen LogP contribution in [-0.2, 0) is 7.05 Å². The Morgan fingerprint density at radius 2 is 2.12 bits per heavy atom. The zero-order chi connectivity index (χ0) is 11.5. The second-order valence-electron chi connectivity index (χ2n) is 4.96. The van der Waals surface area contributed by atoms with Gasteiger partial charge in [-0.05, 0) is 38.5 Å². The van der Waals surface area contributed by atoms with Crippen LogP contribution in [0.25, 0.3) is 0 Å². The molecule has 0 aliphatic heterocycles. The fourth-order valence-corrected chi connectivity index (χ4v) is 2.42. The van der Waals surface area contributed by atoms with Crippen molar-refractivity contribution in [2.24, 2.45) is 18.7 Å². The number of aromatic nitrogens is 2. The van der Waals surface area contributed by atoms with Crippen LogP contribution < -0.4 is 11.1 Å². The first kappa shape index (κ1) is 11.5. The van der Waals surface area contributed by atoms with Crippen LogP contribution in [0, 0.1) is 12.8 Å². The molecule has 0 unspecified atom stereocenters. The highest BCUT2D eigenvalue weighted by Crippen LogP contribution is 2.23. The Kier molecular flexibility index (Phi) is 3.49. The van der Waals surface area contributed by atoms with Crippen LogP contribution in [0.4, 0.5) is 5.82 Å². The number of nitrogens with two attached hydrogens (primary N) is 1. The normalized spacial score (nSPS) is 25.7. The highest BCUT2D eigenvalue weighted by atomic mass is 15.3. The summed E-state index contributed by atoms with van der Waals surface area (Å²) in [4.78, 5) is 0. The second kappa shape index (κ2) is 4.87. The number of nitrogens with one attached hydrogen (secondary N) is 1. The Balaban J connectivity index is 1.81. The van der Waals surface area contributed by atoms with E-state index >= 15 is 0 Å². The van der Waals surface area contributed by atoms with E-state index in [4.69, 9.17) is 5.73 Å². The number of hydrogen-bond donors (Lipinski definition) is 2. The first-order chi connectivity index (χ1) is 7.65. The molecule has 0 bridgehead atoms. The topological polar surface area (TPSA) is 55.9 Å². The van der Waals surface area contributed by atoms with Gasteiger partial charge in [0.25, 0.3) is 0 Å². The van der Waals surface area contributed by atoms with E-state index in [9.17, 15) is 0 Å². The Morgan fingerprint density at radius 3 is 2.69 bits per heavy atom. The zero-order valence-electron chi connectivity index (χ0n) is 10.2. The maximum absolute atomic E-state index is 5.90. The van der Waals surface area contributed by atoms with Crippen molar-refractivity contribution in [1.29, 1.82) is 0 Å². The summed E-state index contributed by atoms with van der Waals surface area (Å²) in [5, 5.41) is 7.80. The van der Waals surface area contributed by atoms with Crippen molar-refractivity contribution >= 4 is 5.82 Å². The van der Waals surface area contributed by atoms with Crippen LogP contribution in [-0.4, -0.2) is 22.4 Å². The van der Waals surface area contributed by atoms with Crippen molar-refractivity contribution in [3.63, 3.8) is 0 Å². The van der Waals surface area contributed by atoms with Gasteiger partial charge in [-0.15, -0.1) is 0 Å². The fraction of sp³-hybridized carbons (Fsp3) is 0.750. The molecule has 90 valence electrons. The summed E-state index contributed by atoms with van der Waals surface area (Å²) in [7, 11) is 1.98. The van der Waals surface area contributed by atoms with Crippen molar-refractivity contribution in [1.82, 2.24) is 9.78 Å². The van der Waals surface area contributed by atoms with E-state index in [1.165, 1.54) is 25.7 Å². The Bertz CT molecular complexity index is 337. The van der Waals surface area contributed by atoms with Gasteiger partial charge in [0.15, 0.2) is 0 Å². The molecule has 1 aliphatic carbocycles. The van der Waals surface area contributed by atoms with Gasteiger partial charge >= 0.3 is 0 Å². The molecule has 0 amide bonds. The minimum absolute atomic E-state index is 0.440. The average molecular weight is 222 g/mol. The molecule has 0 radical (unpaired) electrons. The molecule has 4 heteroatoms. The average Bonchev–Trinajstić information content (AvgIpc) is 2.57. The molecule has 4 nitrogen and oxygen atoms in total. The van der Waals surface area contributed by atoms with E-state index in [-0.39, 0.29) is 0 Å². The SMILES string of the molecule is Cc1cc(NCC2CCC(N)CC2)n(C)n1.